The van der Waals surface area contributed by atoms with E-state index in [4.69, 9.17) is 28.0 Å². The van der Waals surface area contributed by atoms with Gasteiger partial charge >= 0.3 is 0 Å². The quantitative estimate of drug-likeness (QED) is 0.301. The molecule has 25 heavy (non-hydrogen) atoms. The third kappa shape index (κ3) is 2.56. The highest BCUT2D eigenvalue weighted by molar-refractivity contribution is 8.13. The molecule has 0 saturated carbocycles. The first-order valence-electron chi connectivity index (χ1n) is 6.48. The second-order valence-electron chi connectivity index (χ2n) is 5.10. The molecule has 1 aliphatic carbocycles. The van der Waals surface area contributed by atoms with Crippen LogP contribution in [-0.2, 0) is 9.05 Å². The molecule has 0 atom stereocenters. The fourth-order valence-electron chi connectivity index (χ4n) is 2.64. The molecule has 2 N–H and O–H groups in total. The van der Waals surface area contributed by atoms with Crippen LogP contribution in [0.15, 0.2) is 29.2 Å². The summed E-state index contributed by atoms with van der Waals surface area (Å²) >= 11 is 5.82. The summed E-state index contributed by atoms with van der Waals surface area (Å²) in [4.78, 5) is 34.9. The number of nitro groups is 1. The fraction of sp³-hybridized carbons (Fsp3) is 0. The second kappa shape index (κ2) is 5.51. The van der Waals surface area contributed by atoms with Crippen LogP contribution < -0.4 is 5.73 Å². The van der Waals surface area contributed by atoms with Crippen LogP contribution in [0.2, 0.25) is 5.02 Å². The van der Waals surface area contributed by atoms with Gasteiger partial charge in [-0.1, -0.05) is 11.6 Å². The molecule has 0 fully saturated rings. The van der Waals surface area contributed by atoms with Crippen LogP contribution in [0.5, 0.6) is 0 Å². The maximum atomic E-state index is 12.7. The standard InChI is InChI=1S/C14H6Cl2N2O6S/c15-5-1-2-6-7(3-5)14(20)11-10(13(6)19)8(18(21)22)4-9(12(11)17)25(16,23)24/h1-4H,17H2. The van der Waals surface area contributed by atoms with E-state index >= 15 is 0 Å². The van der Waals surface area contributed by atoms with Crippen LogP contribution in [0.1, 0.15) is 31.8 Å². The molecule has 0 aliphatic heterocycles. The maximum absolute atomic E-state index is 12.7. The number of halogens is 2. The summed E-state index contributed by atoms with van der Waals surface area (Å²) < 4.78 is 23.3. The van der Waals surface area contributed by atoms with Gasteiger partial charge in [-0.2, -0.15) is 0 Å². The minimum Gasteiger partial charge on any atom is -0.397 e. The number of benzene rings is 2. The van der Waals surface area contributed by atoms with E-state index in [0.29, 0.717) is 6.07 Å². The van der Waals surface area contributed by atoms with Crippen molar-refractivity contribution in [3.05, 3.63) is 61.7 Å². The zero-order chi connectivity index (χ0) is 18.7. The Labute approximate surface area is 149 Å². The lowest BCUT2D eigenvalue weighted by atomic mass is 9.82. The fourth-order valence-corrected chi connectivity index (χ4v) is 3.82. The number of nitrogens with two attached hydrogens (primary N) is 1. The molecule has 8 nitrogen and oxygen atoms in total. The Hall–Kier alpha value is -2.49. The molecule has 0 saturated heterocycles. The number of carbonyl (C=O) groups excluding carboxylic acids is 2. The van der Waals surface area contributed by atoms with Crippen LogP contribution >= 0.6 is 22.3 Å². The van der Waals surface area contributed by atoms with Crippen molar-refractivity contribution in [3.63, 3.8) is 0 Å². The number of anilines is 1. The van der Waals surface area contributed by atoms with Gasteiger partial charge in [-0.05, 0) is 18.2 Å². The highest BCUT2D eigenvalue weighted by Crippen LogP contribution is 2.41. The largest absolute Gasteiger partial charge is 0.397 e. The molecule has 3 rings (SSSR count). The van der Waals surface area contributed by atoms with Crippen molar-refractivity contribution < 1.29 is 22.9 Å². The van der Waals surface area contributed by atoms with Crippen molar-refractivity contribution >= 4 is 54.3 Å². The van der Waals surface area contributed by atoms with Gasteiger partial charge in [0.2, 0.25) is 5.78 Å². The number of nitrogens with zero attached hydrogens (tertiary/aromatic N) is 1. The van der Waals surface area contributed by atoms with E-state index in [1.165, 1.54) is 18.2 Å². The van der Waals surface area contributed by atoms with Gasteiger partial charge in [0.05, 0.1) is 16.2 Å². The van der Waals surface area contributed by atoms with Gasteiger partial charge in [0.1, 0.15) is 10.5 Å². The summed E-state index contributed by atoms with van der Waals surface area (Å²) in [5.41, 5.74) is 2.84. The maximum Gasteiger partial charge on any atom is 0.282 e. The van der Waals surface area contributed by atoms with E-state index in [1.54, 1.807) is 0 Å². The molecule has 0 unspecified atom stereocenters. The van der Waals surface area contributed by atoms with Crippen molar-refractivity contribution in [1.82, 2.24) is 0 Å². The minimum atomic E-state index is -4.50. The molecule has 0 amide bonds. The predicted molar refractivity (Wildman–Crippen MR) is 88.9 cm³/mol. The Morgan fingerprint density at radius 3 is 2.20 bits per heavy atom. The van der Waals surface area contributed by atoms with Gasteiger partial charge in [-0.3, -0.25) is 19.7 Å². The van der Waals surface area contributed by atoms with Crippen LogP contribution in [-0.4, -0.2) is 24.9 Å². The van der Waals surface area contributed by atoms with Crippen LogP contribution in [0.25, 0.3) is 0 Å². The van der Waals surface area contributed by atoms with E-state index in [0.717, 1.165) is 0 Å². The monoisotopic (exact) mass is 400 g/mol. The van der Waals surface area contributed by atoms with Crippen molar-refractivity contribution in [2.75, 3.05) is 5.73 Å². The summed E-state index contributed by atoms with van der Waals surface area (Å²) in [7, 11) is 0.749. The molecule has 2 aromatic carbocycles. The number of ketones is 2. The number of nitro benzene ring substituents is 1. The number of nitrogen functional groups attached to an aromatic ring is 1. The van der Waals surface area contributed by atoms with Gasteiger partial charge in [-0.15, -0.1) is 0 Å². The van der Waals surface area contributed by atoms with Gasteiger partial charge in [0.15, 0.2) is 5.78 Å². The Bertz CT molecular complexity index is 1110. The first-order chi connectivity index (χ1) is 11.5. The third-order valence-corrected chi connectivity index (χ3v) is 5.29. The van der Waals surface area contributed by atoms with E-state index in [-0.39, 0.29) is 16.1 Å². The molecule has 2 aromatic rings. The molecule has 1 aliphatic rings. The van der Waals surface area contributed by atoms with Gasteiger partial charge in [-0.25, -0.2) is 8.42 Å². The SMILES string of the molecule is Nc1c(S(=O)(=O)Cl)cc([N+](=O)[O-])c2c1C(=O)c1cc(Cl)ccc1C2=O. The number of rotatable bonds is 2. The van der Waals surface area contributed by atoms with Gasteiger partial charge in [0, 0.05) is 32.9 Å². The summed E-state index contributed by atoms with van der Waals surface area (Å²) in [5.74, 6) is -1.69. The first-order valence-corrected chi connectivity index (χ1v) is 9.17. The van der Waals surface area contributed by atoms with E-state index < -0.39 is 52.9 Å². The number of hydrogen-bond acceptors (Lipinski definition) is 7. The Morgan fingerprint density at radius 1 is 1.04 bits per heavy atom. The normalized spacial score (nSPS) is 13.4. The van der Waals surface area contributed by atoms with Crippen LogP contribution in [0.3, 0.4) is 0 Å². The average molecular weight is 401 g/mol. The lowest BCUT2D eigenvalue weighted by molar-refractivity contribution is -0.385. The average Bonchev–Trinajstić information content (AvgIpc) is 2.50. The number of carbonyl (C=O) groups is 2. The van der Waals surface area contributed by atoms with Crippen molar-refractivity contribution in [2.24, 2.45) is 0 Å². The molecule has 128 valence electrons. The molecule has 0 radical (unpaired) electrons. The highest BCUT2D eigenvalue weighted by Gasteiger charge is 2.40. The van der Waals surface area contributed by atoms with Crippen LogP contribution in [0, 0.1) is 10.1 Å². The summed E-state index contributed by atoms with van der Waals surface area (Å²) in [6, 6.07) is 4.38. The smallest absolute Gasteiger partial charge is 0.282 e. The molecule has 0 aromatic heterocycles. The summed E-state index contributed by atoms with van der Waals surface area (Å²) in [6.45, 7) is 0. The van der Waals surface area contributed by atoms with Gasteiger partial charge in [0.25, 0.3) is 14.7 Å². The van der Waals surface area contributed by atoms with E-state index in [1.807, 2.05) is 0 Å². The number of hydrogen-bond donors (Lipinski definition) is 1. The first kappa shape index (κ1) is 17.3. The van der Waals surface area contributed by atoms with Crippen LogP contribution in [0.4, 0.5) is 11.4 Å². The molecule has 0 bridgehead atoms. The Kier molecular flexibility index (Phi) is 3.82. The molecule has 0 spiro atoms. The minimum absolute atomic E-state index is 0.0918. The molecular formula is C14H6Cl2N2O6S. The summed E-state index contributed by atoms with van der Waals surface area (Å²) in [5, 5.41) is 11.5. The van der Waals surface area contributed by atoms with Crippen molar-refractivity contribution in [1.29, 1.82) is 0 Å². The zero-order valence-corrected chi connectivity index (χ0v) is 14.3. The molecule has 0 heterocycles. The predicted octanol–water partition coefficient (Wildman–Crippen LogP) is 2.53. The van der Waals surface area contributed by atoms with E-state index in [2.05, 4.69) is 0 Å². The topological polar surface area (TPSA) is 137 Å². The molecular weight excluding hydrogens is 395 g/mol. The van der Waals surface area contributed by atoms with Crippen molar-refractivity contribution in [2.45, 2.75) is 4.90 Å². The van der Waals surface area contributed by atoms with Gasteiger partial charge < -0.3 is 5.73 Å². The number of fused-ring (bicyclic) bond motifs is 2. The second-order valence-corrected chi connectivity index (χ2v) is 8.07. The third-order valence-electron chi connectivity index (χ3n) is 3.69. The lowest BCUT2D eigenvalue weighted by Gasteiger charge is -2.20. The summed E-state index contributed by atoms with van der Waals surface area (Å²) in [6.07, 6.45) is 0. The zero-order valence-electron chi connectivity index (χ0n) is 11.9. The van der Waals surface area contributed by atoms with Crippen molar-refractivity contribution in [3.8, 4) is 0 Å². The Balaban J connectivity index is 2.49. The Morgan fingerprint density at radius 2 is 1.64 bits per heavy atom. The molecule has 11 heteroatoms. The van der Waals surface area contributed by atoms with E-state index in [9.17, 15) is 28.1 Å². The lowest BCUT2D eigenvalue weighted by Crippen LogP contribution is -2.24. The highest BCUT2D eigenvalue weighted by atomic mass is 35.7.